The van der Waals surface area contributed by atoms with Gasteiger partial charge in [0.05, 0.1) is 24.8 Å². The van der Waals surface area contributed by atoms with Crippen LogP contribution in [-0.2, 0) is 17.9 Å². The summed E-state index contributed by atoms with van der Waals surface area (Å²) in [6.07, 6.45) is 2.61. The quantitative estimate of drug-likeness (QED) is 0.796. The fourth-order valence-corrected chi connectivity index (χ4v) is 2.10. The topological polar surface area (TPSA) is 50.2 Å². The van der Waals surface area contributed by atoms with Crippen molar-refractivity contribution in [3.63, 3.8) is 0 Å². The standard InChI is InChI=1S/C11H18N4O/c1-3-10(12-2)11(16)14-6-7-15-9(8-14)4-5-13-15/h4-5,10,12H,3,6-8H2,1-2H3/t10-/m0/s1. The van der Waals surface area contributed by atoms with Crippen molar-refractivity contribution in [2.75, 3.05) is 13.6 Å². The first-order valence-electron chi connectivity index (χ1n) is 5.73. The SMILES string of the molecule is CC[C@H](NC)C(=O)N1CCn2nccc2C1. The second-order valence-electron chi connectivity index (χ2n) is 4.05. The van der Waals surface area contributed by atoms with Crippen molar-refractivity contribution >= 4 is 5.91 Å². The molecule has 0 aromatic carbocycles. The highest BCUT2D eigenvalue weighted by atomic mass is 16.2. The van der Waals surface area contributed by atoms with Crippen LogP contribution >= 0.6 is 0 Å². The molecule has 0 saturated heterocycles. The molecule has 2 heterocycles. The van der Waals surface area contributed by atoms with Gasteiger partial charge in [-0.2, -0.15) is 5.10 Å². The molecule has 1 aromatic heterocycles. The minimum absolute atomic E-state index is 0.0607. The zero-order valence-electron chi connectivity index (χ0n) is 9.81. The van der Waals surface area contributed by atoms with Gasteiger partial charge in [0.1, 0.15) is 0 Å². The van der Waals surface area contributed by atoms with Crippen LogP contribution in [0.5, 0.6) is 0 Å². The normalized spacial score (nSPS) is 17.0. The van der Waals surface area contributed by atoms with Crippen LogP contribution in [0.1, 0.15) is 19.0 Å². The van der Waals surface area contributed by atoms with Crippen molar-refractivity contribution in [2.45, 2.75) is 32.5 Å². The minimum Gasteiger partial charge on any atom is -0.334 e. The third-order valence-corrected chi connectivity index (χ3v) is 3.11. The first kappa shape index (κ1) is 11.1. The zero-order valence-corrected chi connectivity index (χ0v) is 9.81. The van der Waals surface area contributed by atoms with Gasteiger partial charge in [0, 0.05) is 12.7 Å². The Labute approximate surface area is 95.4 Å². The Balaban J connectivity index is 2.05. The monoisotopic (exact) mass is 222 g/mol. The van der Waals surface area contributed by atoms with Crippen molar-refractivity contribution in [3.8, 4) is 0 Å². The van der Waals surface area contributed by atoms with Crippen LogP contribution in [-0.4, -0.2) is 40.2 Å². The number of rotatable bonds is 3. The van der Waals surface area contributed by atoms with Gasteiger partial charge in [-0.25, -0.2) is 0 Å². The van der Waals surface area contributed by atoms with Gasteiger partial charge in [0.15, 0.2) is 0 Å². The smallest absolute Gasteiger partial charge is 0.240 e. The Morgan fingerprint density at radius 2 is 2.44 bits per heavy atom. The van der Waals surface area contributed by atoms with Crippen LogP contribution in [0.25, 0.3) is 0 Å². The molecule has 1 aliphatic heterocycles. The highest BCUT2D eigenvalue weighted by molar-refractivity contribution is 5.81. The average molecular weight is 222 g/mol. The molecule has 0 saturated carbocycles. The fraction of sp³-hybridized carbons (Fsp3) is 0.636. The number of fused-ring (bicyclic) bond motifs is 1. The first-order chi connectivity index (χ1) is 7.76. The molecule has 1 amide bonds. The van der Waals surface area contributed by atoms with Gasteiger partial charge < -0.3 is 10.2 Å². The Hall–Kier alpha value is -1.36. The maximum Gasteiger partial charge on any atom is 0.240 e. The molecule has 2 rings (SSSR count). The van der Waals surface area contributed by atoms with Crippen LogP contribution < -0.4 is 5.32 Å². The summed E-state index contributed by atoms with van der Waals surface area (Å²) in [5.74, 6) is 0.192. The van der Waals surface area contributed by atoms with Crippen LogP contribution in [0.2, 0.25) is 0 Å². The maximum absolute atomic E-state index is 12.1. The number of carbonyl (C=O) groups is 1. The number of hydrogen-bond acceptors (Lipinski definition) is 3. The summed E-state index contributed by atoms with van der Waals surface area (Å²) in [6, 6.07) is 1.91. The lowest BCUT2D eigenvalue weighted by Crippen LogP contribution is -2.47. The molecular formula is C11H18N4O. The number of nitrogens with one attached hydrogen (secondary N) is 1. The van der Waals surface area contributed by atoms with Crippen molar-refractivity contribution in [1.29, 1.82) is 0 Å². The van der Waals surface area contributed by atoms with Crippen molar-refractivity contribution in [3.05, 3.63) is 18.0 Å². The fourth-order valence-electron chi connectivity index (χ4n) is 2.10. The molecule has 0 radical (unpaired) electrons. The molecule has 1 aliphatic rings. The largest absolute Gasteiger partial charge is 0.334 e. The summed E-state index contributed by atoms with van der Waals surface area (Å²) < 4.78 is 1.96. The molecule has 1 aromatic rings. The lowest BCUT2D eigenvalue weighted by Gasteiger charge is -2.30. The molecule has 0 unspecified atom stereocenters. The Morgan fingerprint density at radius 3 is 3.12 bits per heavy atom. The predicted molar refractivity (Wildman–Crippen MR) is 60.8 cm³/mol. The van der Waals surface area contributed by atoms with E-state index in [1.165, 1.54) is 0 Å². The molecule has 0 fully saturated rings. The number of likely N-dealkylation sites (N-methyl/N-ethyl adjacent to an activating group) is 1. The minimum atomic E-state index is -0.0607. The highest BCUT2D eigenvalue weighted by Gasteiger charge is 2.25. The van der Waals surface area contributed by atoms with Gasteiger partial charge in [0.25, 0.3) is 0 Å². The van der Waals surface area contributed by atoms with Crippen molar-refractivity contribution < 1.29 is 4.79 Å². The van der Waals surface area contributed by atoms with E-state index in [-0.39, 0.29) is 11.9 Å². The van der Waals surface area contributed by atoms with Gasteiger partial charge in [-0.3, -0.25) is 9.48 Å². The van der Waals surface area contributed by atoms with E-state index in [0.717, 1.165) is 25.2 Å². The molecule has 1 atom stereocenters. The third-order valence-electron chi connectivity index (χ3n) is 3.11. The van der Waals surface area contributed by atoms with Gasteiger partial charge in [-0.05, 0) is 19.5 Å². The number of hydrogen-bond donors (Lipinski definition) is 1. The Bertz CT molecular complexity index is 370. The predicted octanol–water partition coefficient (Wildman–Crippen LogP) is 0.223. The summed E-state index contributed by atoms with van der Waals surface area (Å²) in [5, 5.41) is 7.25. The number of nitrogens with zero attached hydrogens (tertiary/aromatic N) is 3. The molecule has 0 spiro atoms. The van der Waals surface area contributed by atoms with Crippen molar-refractivity contribution in [1.82, 2.24) is 20.0 Å². The highest BCUT2D eigenvalue weighted by Crippen LogP contribution is 2.12. The van der Waals surface area contributed by atoms with Gasteiger partial charge >= 0.3 is 0 Å². The van der Waals surface area contributed by atoms with Crippen LogP contribution in [0.15, 0.2) is 12.3 Å². The zero-order chi connectivity index (χ0) is 11.5. The average Bonchev–Trinajstić information content (AvgIpc) is 2.77. The van der Waals surface area contributed by atoms with Gasteiger partial charge in [-0.1, -0.05) is 6.92 Å². The van der Waals surface area contributed by atoms with E-state index in [1.54, 1.807) is 6.20 Å². The second kappa shape index (κ2) is 4.65. The van der Waals surface area contributed by atoms with E-state index in [2.05, 4.69) is 10.4 Å². The third kappa shape index (κ3) is 1.95. The summed E-state index contributed by atoms with van der Waals surface area (Å²) in [6.45, 7) is 4.25. The van der Waals surface area contributed by atoms with Crippen LogP contribution in [0, 0.1) is 0 Å². The summed E-state index contributed by atoms with van der Waals surface area (Å²) >= 11 is 0. The Kier molecular flexibility index (Phi) is 3.24. The lowest BCUT2D eigenvalue weighted by atomic mass is 10.2. The van der Waals surface area contributed by atoms with E-state index in [0.29, 0.717) is 6.54 Å². The van der Waals surface area contributed by atoms with E-state index < -0.39 is 0 Å². The maximum atomic E-state index is 12.1. The summed E-state index contributed by atoms with van der Waals surface area (Å²) in [4.78, 5) is 14.0. The van der Waals surface area contributed by atoms with Gasteiger partial charge in [-0.15, -0.1) is 0 Å². The van der Waals surface area contributed by atoms with Crippen LogP contribution in [0.3, 0.4) is 0 Å². The first-order valence-corrected chi connectivity index (χ1v) is 5.73. The van der Waals surface area contributed by atoms with E-state index in [4.69, 9.17) is 0 Å². The van der Waals surface area contributed by atoms with E-state index in [9.17, 15) is 4.79 Å². The molecule has 0 aliphatic carbocycles. The number of carbonyl (C=O) groups excluding carboxylic acids is 1. The molecule has 16 heavy (non-hydrogen) atoms. The van der Waals surface area contributed by atoms with Crippen LogP contribution in [0.4, 0.5) is 0 Å². The molecular weight excluding hydrogens is 204 g/mol. The number of aromatic nitrogens is 2. The molecule has 5 heteroatoms. The van der Waals surface area contributed by atoms with E-state index in [1.807, 2.05) is 29.6 Å². The second-order valence-corrected chi connectivity index (χ2v) is 4.05. The molecule has 1 N–H and O–H groups in total. The van der Waals surface area contributed by atoms with Gasteiger partial charge in [0.2, 0.25) is 5.91 Å². The Morgan fingerprint density at radius 1 is 1.62 bits per heavy atom. The van der Waals surface area contributed by atoms with Crippen molar-refractivity contribution in [2.24, 2.45) is 0 Å². The lowest BCUT2D eigenvalue weighted by molar-refractivity contribution is -0.134. The molecule has 88 valence electrons. The summed E-state index contributed by atoms with van der Waals surface area (Å²) in [5.41, 5.74) is 1.12. The molecule has 5 nitrogen and oxygen atoms in total. The summed E-state index contributed by atoms with van der Waals surface area (Å²) in [7, 11) is 1.83. The molecule has 0 bridgehead atoms. The number of amides is 1. The van der Waals surface area contributed by atoms with E-state index >= 15 is 0 Å².